The van der Waals surface area contributed by atoms with Gasteiger partial charge in [0.1, 0.15) is 0 Å². The molecule has 0 saturated heterocycles. The van der Waals surface area contributed by atoms with Gasteiger partial charge >= 0.3 is 0 Å². The second-order valence-corrected chi connectivity index (χ2v) is 3.81. The maximum Gasteiger partial charge on any atom is 0.0426 e. The summed E-state index contributed by atoms with van der Waals surface area (Å²) >= 11 is 0. The number of hydrogen-bond acceptors (Lipinski definition) is 2. The zero-order valence-corrected chi connectivity index (χ0v) is 8.18. The third-order valence-corrected chi connectivity index (χ3v) is 1.92. The lowest BCUT2D eigenvalue weighted by Crippen LogP contribution is -2.29. The zero-order chi connectivity index (χ0) is 9.35. The van der Waals surface area contributed by atoms with Crippen molar-refractivity contribution < 1.29 is 0 Å². The summed E-state index contributed by atoms with van der Waals surface area (Å²) in [6.45, 7) is 7.97. The minimum absolute atomic E-state index is 0.287. The number of aryl methyl sites for hydroxylation is 2. The number of pyridine rings is 1. The van der Waals surface area contributed by atoms with Crippen LogP contribution in [0.5, 0.6) is 0 Å². The molecule has 1 rings (SSSR count). The van der Waals surface area contributed by atoms with Crippen molar-refractivity contribution in [1.82, 2.24) is 4.98 Å². The summed E-state index contributed by atoms with van der Waals surface area (Å²) < 4.78 is 0. The van der Waals surface area contributed by atoms with Crippen LogP contribution >= 0.6 is 0 Å². The van der Waals surface area contributed by atoms with Crippen molar-refractivity contribution in [3.63, 3.8) is 0 Å². The third kappa shape index (κ3) is 1.83. The Hall–Kier alpha value is -0.890. The Morgan fingerprint density at radius 1 is 1.25 bits per heavy atom. The van der Waals surface area contributed by atoms with Gasteiger partial charge in [-0.05, 0) is 39.3 Å². The molecule has 0 atom stereocenters. The highest BCUT2D eigenvalue weighted by Gasteiger charge is 2.16. The highest BCUT2D eigenvalue weighted by atomic mass is 14.8. The fourth-order valence-corrected chi connectivity index (χ4v) is 1.37. The fraction of sp³-hybridized carbons (Fsp3) is 0.500. The maximum atomic E-state index is 5.97. The first kappa shape index (κ1) is 9.20. The van der Waals surface area contributed by atoms with Gasteiger partial charge in [-0.25, -0.2) is 0 Å². The molecule has 0 spiro atoms. The topological polar surface area (TPSA) is 38.9 Å². The van der Waals surface area contributed by atoms with Crippen LogP contribution in [0.15, 0.2) is 12.1 Å². The quantitative estimate of drug-likeness (QED) is 0.688. The van der Waals surface area contributed by atoms with Crippen LogP contribution in [0.3, 0.4) is 0 Å². The molecule has 0 unspecified atom stereocenters. The van der Waals surface area contributed by atoms with Gasteiger partial charge < -0.3 is 5.73 Å². The van der Waals surface area contributed by atoms with E-state index in [-0.39, 0.29) is 5.54 Å². The first-order chi connectivity index (χ1) is 5.41. The van der Waals surface area contributed by atoms with Gasteiger partial charge in [0.25, 0.3) is 0 Å². The molecule has 0 bridgehead atoms. The van der Waals surface area contributed by atoms with Crippen molar-refractivity contribution in [2.75, 3.05) is 0 Å². The molecule has 2 N–H and O–H groups in total. The van der Waals surface area contributed by atoms with Crippen molar-refractivity contribution in [3.8, 4) is 0 Å². The smallest absolute Gasteiger partial charge is 0.0426 e. The third-order valence-electron chi connectivity index (χ3n) is 1.92. The Labute approximate surface area is 73.8 Å². The molecule has 12 heavy (non-hydrogen) atoms. The number of hydrogen-bond donors (Lipinski definition) is 1. The van der Waals surface area contributed by atoms with Gasteiger partial charge in [0.05, 0.1) is 0 Å². The first-order valence-corrected chi connectivity index (χ1v) is 4.15. The normalized spacial score (nSPS) is 11.8. The zero-order valence-electron chi connectivity index (χ0n) is 8.18. The van der Waals surface area contributed by atoms with Crippen LogP contribution in [-0.4, -0.2) is 4.98 Å². The molecule has 0 saturated carbocycles. The molecule has 2 heteroatoms. The van der Waals surface area contributed by atoms with E-state index in [1.165, 1.54) is 0 Å². The van der Waals surface area contributed by atoms with E-state index in [0.29, 0.717) is 0 Å². The van der Waals surface area contributed by atoms with Crippen molar-refractivity contribution in [2.24, 2.45) is 5.73 Å². The lowest BCUT2D eigenvalue weighted by molar-refractivity contribution is 0.547. The van der Waals surface area contributed by atoms with Crippen molar-refractivity contribution >= 4 is 0 Å². The summed E-state index contributed by atoms with van der Waals surface area (Å²) in [6.07, 6.45) is 0. The Morgan fingerprint density at radius 3 is 2.25 bits per heavy atom. The summed E-state index contributed by atoms with van der Waals surface area (Å²) in [5.41, 5.74) is 8.87. The van der Waals surface area contributed by atoms with Crippen molar-refractivity contribution in [2.45, 2.75) is 33.2 Å². The molecule has 0 amide bonds. The first-order valence-electron chi connectivity index (χ1n) is 4.15. The molecule has 1 aromatic heterocycles. The van der Waals surface area contributed by atoms with E-state index in [2.05, 4.69) is 11.1 Å². The van der Waals surface area contributed by atoms with E-state index in [1.54, 1.807) is 0 Å². The van der Waals surface area contributed by atoms with E-state index in [9.17, 15) is 0 Å². The Kier molecular flexibility index (Phi) is 2.20. The fourth-order valence-electron chi connectivity index (χ4n) is 1.37. The summed E-state index contributed by atoms with van der Waals surface area (Å²) in [6, 6.07) is 4.05. The predicted molar refractivity (Wildman–Crippen MR) is 50.9 cm³/mol. The molecule has 0 radical (unpaired) electrons. The van der Waals surface area contributed by atoms with E-state index < -0.39 is 0 Å². The van der Waals surface area contributed by atoms with Crippen LogP contribution in [0, 0.1) is 13.8 Å². The van der Waals surface area contributed by atoms with E-state index >= 15 is 0 Å². The minimum Gasteiger partial charge on any atom is -0.322 e. The molecule has 0 aliphatic heterocycles. The molecule has 0 aliphatic carbocycles. The van der Waals surface area contributed by atoms with Crippen molar-refractivity contribution in [3.05, 3.63) is 29.1 Å². The Morgan fingerprint density at radius 2 is 1.83 bits per heavy atom. The van der Waals surface area contributed by atoms with Crippen LogP contribution in [0.25, 0.3) is 0 Å². The molecule has 1 aromatic rings. The van der Waals surface area contributed by atoms with Crippen LogP contribution in [0.1, 0.15) is 30.8 Å². The molecular formula is C10H16N2. The SMILES string of the molecule is Cc1ccc(C(C)(C)N)c(C)n1. The molecule has 0 aromatic carbocycles. The highest BCUT2D eigenvalue weighted by Crippen LogP contribution is 2.19. The average Bonchev–Trinajstić information content (AvgIpc) is 1.83. The van der Waals surface area contributed by atoms with Gasteiger partial charge in [-0.2, -0.15) is 0 Å². The molecule has 2 nitrogen and oxygen atoms in total. The second kappa shape index (κ2) is 2.87. The lowest BCUT2D eigenvalue weighted by Gasteiger charge is -2.20. The number of rotatable bonds is 1. The monoisotopic (exact) mass is 164 g/mol. The largest absolute Gasteiger partial charge is 0.322 e. The van der Waals surface area contributed by atoms with Crippen LogP contribution in [0.2, 0.25) is 0 Å². The standard InChI is InChI=1S/C10H16N2/c1-7-5-6-9(8(2)12-7)10(3,4)11/h5-6H,11H2,1-4H3. The average molecular weight is 164 g/mol. The van der Waals surface area contributed by atoms with Gasteiger partial charge in [-0.15, -0.1) is 0 Å². The van der Waals surface area contributed by atoms with Gasteiger partial charge in [0.15, 0.2) is 0 Å². The van der Waals surface area contributed by atoms with E-state index in [4.69, 9.17) is 5.73 Å². The number of aromatic nitrogens is 1. The number of nitrogens with zero attached hydrogens (tertiary/aromatic N) is 1. The van der Waals surface area contributed by atoms with E-state index in [1.807, 2.05) is 33.8 Å². The Bertz CT molecular complexity index is 284. The lowest BCUT2D eigenvalue weighted by atomic mass is 9.94. The minimum atomic E-state index is -0.287. The molecule has 1 heterocycles. The molecule has 0 aliphatic rings. The highest BCUT2D eigenvalue weighted by molar-refractivity contribution is 5.27. The van der Waals surface area contributed by atoms with Gasteiger partial charge in [0, 0.05) is 16.9 Å². The Balaban J connectivity index is 3.19. The number of nitrogens with two attached hydrogens (primary N) is 1. The summed E-state index contributed by atoms with van der Waals surface area (Å²) in [5.74, 6) is 0. The van der Waals surface area contributed by atoms with Crippen LogP contribution < -0.4 is 5.73 Å². The maximum absolute atomic E-state index is 5.97. The summed E-state index contributed by atoms with van der Waals surface area (Å²) in [7, 11) is 0. The van der Waals surface area contributed by atoms with E-state index in [0.717, 1.165) is 17.0 Å². The van der Waals surface area contributed by atoms with Crippen molar-refractivity contribution in [1.29, 1.82) is 0 Å². The van der Waals surface area contributed by atoms with Gasteiger partial charge in [-0.1, -0.05) is 6.07 Å². The molecule has 0 fully saturated rings. The predicted octanol–water partition coefficient (Wildman–Crippen LogP) is 1.89. The summed E-state index contributed by atoms with van der Waals surface area (Å²) in [5, 5.41) is 0. The van der Waals surface area contributed by atoms with Gasteiger partial charge in [0.2, 0.25) is 0 Å². The van der Waals surface area contributed by atoms with Crippen LogP contribution in [-0.2, 0) is 5.54 Å². The molecular weight excluding hydrogens is 148 g/mol. The van der Waals surface area contributed by atoms with Crippen LogP contribution in [0.4, 0.5) is 0 Å². The second-order valence-electron chi connectivity index (χ2n) is 3.81. The van der Waals surface area contributed by atoms with Gasteiger partial charge in [-0.3, -0.25) is 4.98 Å². The summed E-state index contributed by atoms with van der Waals surface area (Å²) in [4.78, 5) is 4.36. The molecule has 66 valence electrons.